The number of fused-ring (bicyclic) bond motifs is 2. The van der Waals surface area contributed by atoms with E-state index in [1.54, 1.807) is 36.7 Å². The zero-order chi connectivity index (χ0) is 55.3. The average molecular weight is 1100 g/mol. The van der Waals surface area contributed by atoms with E-state index in [0.29, 0.717) is 22.9 Å². The van der Waals surface area contributed by atoms with Gasteiger partial charge in [-0.3, -0.25) is 33.3 Å². The molecule has 3 N–H and O–H groups in total. The SMILES string of the molecule is CC(C)(OC(=O)Cl)C(Cl)(Cl)Cl.CC[C@@H](C(=O)Cc1ccc2cnccc2c1)c1ccc(Cl)cc1.CC[C@@H](C(=O)O)c1ccc(Cl)cc1.Cc1cc(C)nc(C)c1.Nc1ccc2cnccc2c1.[2H]CF.[2H]CF. The molecule has 3 heterocycles. The number of hydrogen-bond donors (Lipinski definition) is 2. The second-order valence-corrected chi connectivity index (χ2v) is 19.3. The van der Waals surface area contributed by atoms with Crippen LogP contribution < -0.4 is 5.73 Å². The number of anilines is 1. The number of alkyl halides is 5. The van der Waals surface area contributed by atoms with Crippen molar-refractivity contribution in [1.29, 1.82) is 0 Å². The molecule has 0 fully saturated rings. The van der Waals surface area contributed by atoms with E-state index in [-0.39, 0.29) is 11.7 Å². The summed E-state index contributed by atoms with van der Waals surface area (Å²) in [5, 5.41) is 14.7. The summed E-state index contributed by atoms with van der Waals surface area (Å²) in [5.41, 5.74) is 10.6. The number of nitrogens with two attached hydrogens (primary N) is 1. The average Bonchev–Trinajstić information content (AvgIpc) is 3.31. The van der Waals surface area contributed by atoms with Crippen molar-refractivity contribution >= 4 is 114 Å². The van der Waals surface area contributed by atoms with Crippen molar-refractivity contribution in [3.63, 3.8) is 0 Å². The number of ether oxygens (including phenoxy) is 1. The molecule has 0 aliphatic heterocycles. The van der Waals surface area contributed by atoms with Gasteiger partial charge in [-0.15, -0.1) is 0 Å². The van der Waals surface area contributed by atoms with Crippen molar-refractivity contribution in [2.24, 2.45) is 0 Å². The molecule has 0 amide bonds. The van der Waals surface area contributed by atoms with E-state index in [1.807, 2.05) is 107 Å². The molecule has 3 aromatic heterocycles. The maximum atomic E-state index is 12.7. The fourth-order valence-electron chi connectivity index (χ4n) is 6.56. The van der Waals surface area contributed by atoms with Gasteiger partial charge in [-0.1, -0.05) is 120 Å². The molecule has 7 rings (SSSR count). The van der Waals surface area contributed by atoms with E-state index in [4.69, 9.17) is 83.2 Å². The molecule has 2 atom stereocenters. The summed E-state index contributed by atoms with van der Waals surface area (Å²) in [7, 11) is -2.00. The van der Waals surface area contributed by atoms with Crippen molar-refractivity contribution in [3.05, 3.63) is 178 Å². The van der Waals surface area contributed by atoms with Crippen LogP contribution in [-0.2, 0) is 20.7 Å². The lowest BCUT2D eigenvalue weighted by molar-refractivity contribution is -0.138. The largest absolute Gasteiger partial charge is 0.481 e. The van der Waals surface area contributed by atoms with Gasteiger partial charge in [0, 0.05) is 86.6 Å². The minimum Gasteiger partial charge on any atom is -0.481 e. The molecule has 7 aromatic rings. The van der Waals surface area contributed by atoms with Crippen LogP contribution in [-0.4, -0.2) is 60.9 Å². The first kappa shape index (κ1) is 60.2. The number of halogens is 8. The second kappa shape index (κ2) is 32.8. The van der Waals surface area contributed by atoms with Crippen molar-refractivity contribution in [3.8, 4) is 0 Å². The summed E-state index contributed by atoms with van der Waals surface area (Å²) in [6.07, 6.45) is 9.03. The molecule has 0 radical (unpaired) electrons. The molecule has 382 valence electrons. The Morgan fingerprint density at radius 1 is 0.690 bits per heavy atom. The first-order valence-corrected chi connectivity index (χ1v) is 23.9. The Morgan fingerprint density at radius 3 is 1.52 bits per heavy atom. The van der Waals surface area contributed by atoms with Crippen LogP contribution in [0.3, 0.4) is 0 Å². The molecule has 0 aliphatic rings. The van der Waals surface area contributed by atoms with Crippen molar-refractivity contribution < 1.29 is 35.7 Å². The monoisotopic (exact) mass is 1090 g/mol. The first-order valence-electron chi connectivity index (χ1n) is 23.0. The normalized spacial score (nSPS) is 11.6. The van der Waals surface area contributed by atoms with Crippen LogP contribution in [0.15, 0.2) is 134 Å². The summed E-state index contributed by atoms with van der Waals surface area (Å²) in [6.45, 7) is 12.9. The highest BCUT2D eigenvalue weighted by atomic mass is 35.6. The number of Topliss-reactive ketones (excluding diaryl/α,β-unsaturated/α-hetero) is 1. The molecule has 0 saturated heterocycles. The maximum Gasteiger partial charge on any atom is 0.404 e. The number of nitrogens with zero attached hydrogens (tertiary/aromatic N) is 3. The van der Waals surface area contributed by atoms with Crippen LogP contribution in [0.5, 0.6) is 0 Å². The zero-order valence-corrected chi connectivity index (χ0v) is 45.0. The van der Waals surface area contributed by atoms with Crippen molar-refractivity contribution in [1.82, 2.24) is 15.0 Å². The van der Waals surface area contributed by atoms with Crippen molar-refractivity contribution in [2.75, 3.05) is 20.0 Å². The van der Waals surface area contributed by atoms with E-state index in [2.05, 4.69) is 44.8 Å². The molecular formula is C54H60Cl6F2N4O5. The standard InChI is InChI=1S/C20H18ClNO.C10H11ClO2.C9H8N2.C8H11N.C5H6Cl4O2.2CH3F/c1-2-19(15-5-7-18(21)8-6-15)20(23)12-14-3-4-17-13-22-10-9-16(17)11-14;1-2-9(10(12)13)7-3-5-8(11)6-4-7;10-9-2-1-8-6-11-4-3-7(8)5-9;1-6-4-7(2)9-8(3)5-6;1-4(2,5(7,8)9)11-3(6)10;2*1-2/h3-11,13,19H,2,12H2,1H3;3-6,9H,2H2,1H3,(H,12,13);1-6H,10H2;4-5H,1-3H3;1-2H3;2*1H3/t19-;9-;;;;;/m11...../s1/i;;;;;2*1D. The van der Waals surface area contributed by atoms with Gasteiger partial charge >= 0.3 is 11.4 Å². The summed E-state index contributed by atoms with van der Waals surface area (Å²) in [6, 6.07) is 34.5. The lowest BCUT2D eigenvalue weighted by Gasteiger charge is -2.30. The van der Waals surface area contributed by atoms with Crippen LogP contribution in [0.2, 0.25) is 10.0 Å². The number of benzene rings is 4. The summed E-state index contributed by atoms with van der Waals surface area (Å²) in [4.78, 5) is 46.1. The van der Waals surface area contributed by atoms with E-state index in [1.165, 1.54) is 19.4 Å². The maximum absolute atomic E-state index is 12.7. The van der Waals surface area contributed by atoms with Gasteiger partial charge in [0.25, 0.3) is 0 Å². The quantitative estimate of drug-likeness (QED) is 0.0820. The van der Waals surface area contributed by atoms with Gasteiger partial charge in [0.2, 0.25) is 3.79 Å². The second-order valence-electron chi connectivity index (χ2n) is 15.8. The lowest BCUT2D eigenvalue weighted by atomic mass is 9.89. The van der Waals surface area contributed by atoms with Crippen molar-refractivity contribution in [2.45, 2.75) is 89.0 Å². The number of nitrogen functional groups attached to an aromatic ring is 1. The van der Waals surface area contributed by atoms with Crippen LogP contribution in [0, 0.1) is 20.8 Å². The third kappa shape index (κ3) is 23.3. The molecule has 9 nitrogen and oxygen atoms in total. The Morgan fingerprint density at radius 2 is 1.13 bits per heavy atom. The number of hydrogen-bond acceptors (Lipinski definition) is 8. The minimum atomic E-state index is -1.68. The molecule has 0 bridgehead atoms. The minimum absolute atomic E-state index is 0.0830. The molecule has 0 spiro atoms. The highest BCUT2D eigenvalue weighted by molar-refractivity contribution is 6.68. The number of pyridine rings is 3. The van der Waals surface area contributed by atoms with E-state index in [9.17, 15) is 23.2 Å². The van der Waals surface area contributed by atoms with E-state index >= 15 is 0 Å². The molecule has 4 aromatic carbocycles. The molecule has 17 heteroatoms. The van der Waals surface area contributed by atoms with Gasteiger partial charge in [-0.25, -0.2) is 4.79 Å². The number of ketones is 1. The van der Waals surface area contributed by atoms with Crippen LogP contribution >= 0.6 is 69.6 Å². The summed E-state index contributed by atoms with van der Waals surface area (Å²) < 4.78 is 33.8. The number of carbonyl (C=O) groups is 3. The Kier molecular flexibility index (Phi) is 27.8. The predicted molar refractivity (Wildman–Crippen MR) is 292 cm³/mol. The van der Waals surface area contributed by atoms with E-state index in [0.717, 1.165) is 61.7 Å². The van der Waals surface area contributed by atoms with Gasteiger partial charge in [-0.05, 0) is 141 Å². The topological polar surface area (TPSA) is 145 Å². The third-order valence-corrected chi connectivity index (χ3v) is 12.0. The number of rotatable bonds is 9. The number of carboxylic acids is 1. The van der Waals surface area contributed by atoms with Gasteiger partial charge in [0.1, 0.15) is 5.78 Å². The number of carbonyl (C=O) groups excluding carboxylic acids is 2. The molecular weight excluding hydrogens is 1040 g/mol. The highest BCUT2D eigenvalue weighted by Gasteiger charge is 2.43. The number of aryl methyl sites for hydroxylation is 3. The fraction of sp³-hybridized carbons (Fsp3) is 0.296. The van der Waals surface area contributed by atoms with Crippen LogP contribution in [0.25, 0.3) is 21.5 Å². The Balaban J connectivity index is 0.000000463. The van der Waals surface area contributed by atoms with Gasteiger partial charge in [0.15, 0.2) is 5.60 Å². The Labute approximate surface area is 448 Å². The van der Waals surface area contributed by atoms with Crippen LogP contribution in [0.1, 0.15) is 88.8 Å². The number of carboxylic acid groups (broad SMARTS) is 1. The fourth-order valence-corrected chi connectivity index (χ4v) is 7.12. The molecule has 0 aliphatic carbocycles. The van der Waals surface area contributed by atoms with Gasteiger partial charge in [-0.2, -0.15) is 0 Å². The zero-order valence-electron chi connectivity index (χ0n) is 42.4. The lowest BCUT2D eigenvalue weighted by Crippen LogP contribution is -2.40. The Bertz CT molecular complexity index is 2710. The van der Waals surface area contributed by atoms with E-state index < -0.39 is 41.0 Å². The molecule has 0 unspecified atom stereocenters. The molecule has 0 saturated carbocycles. The summed E-state index contributed by atoms with van der Waals surface area (Å²) >= 11 is 32.9. The number of aromatic nitrogens is 3. The number of aliphatic carboxylic acids is 1. The van der Waals surface area contributed by atoms with Crippen LogP contribution in [0.4, 0.5) is 19.3 Å². The first-order chi connectivity index (χ1) is 34.4. The van der Waals surface area contributed by atoms with Gasteiger partial charge in [0.05, 0.1) is 23.0 Å². The van der Waals surface area contributed by atoms with Gasteiger partial charge < -0.3 is 15.6 Å². The predicted octanol–water partition coefficient (Wildman–Crippen LogP) is 16.6. The Hall–Kier alpha value is -5.14. The third-order valence-electron chi connectivity index (χ3n) is 10.0. The molecule has 71 heavy (non-hydrogen) atoms. The smallest absolute Gasteiger partial charge is 0.404 e. The summed E-state index contributed by atoms with van der Waals surface area (Å²) in [5.74, 6) is -1.05. The highest BCUT2D eigenvalue weighted by Crippen LogP contribution is 2.40.